The Labute approximate surface area is 98.8 Å². The third-order valence-electron chi connectivity index (χ3n) is 1.87. The van der Waals surface area contributed by atoms with E-state index < -0.39 is 5.91 Å². The van der Waals surface area contributed by atoms with Crippen molar-refractivity contribution in [1.82, 2.24) is 20.6 Å². The van der Waals surface area contributed by atoms with Gasteiger partial charge in [0, 0.05) is 6.54 Å². The van der Waals surface area contributed by atoms with Crippen LogP contribution in [0.1, 0.15) is 23.8 Å². The Morgan fingerprint density at radius 1 is 1.35 bits per heavy atom. The second kappa shape index (κ2) is 6.41. The first-order valence-electron chi connectivity index (χ1n) is 5.26. The lowest BCUT2D eigenvalue weighted by Gasteiger charge is -2.05. The predicted molar refractivity (Wildman–Crippen MR) is 62.1 cm³/mol. The zero-order valence-electron chi connectivity index (χ0n) is 9.56. The molecule has 0 aromatic carbocycles. The van der Waals surface area contributed by atoms with Gasteiger partial charge in [-0.05, 0) is 6.42 Å². The smallest absolute Gasteiger partial charge is 0.272 e. The molecular formula is C10H15N5O2. The van der Waals surface area contributed by atoms with Crippen molar-refractivity contribution >= 4 is 17.6 Å². The summed E-state index contributed by atoms with van der Waals surface area (Å²) in [6.07, 6.45) is 3.47. The molecule has 92 valence electrons. The van der Waals surface area contributed by atoms with Crippen molar-refractivity contribution in [2.24, 2.45) is 0 Å². The number of nitrogens with two attached hydrogens (primary N) is 1. The SMILES string of the molecule is CCCNC(=O)CNC(=O)c1cncc(N)n1. The van der Waals surface area contributed by atoms with E-state index in [1.807, 2.05) is 6.92 Å². The number of amides is 2. The Bertz CT molecular complexity index is 407. The van der Waals surface area contributed by atoms with Crippen molar-refractivity contribution < 1.29 is 9.59 Å². The van der Waals surface area contributed by atoms with Gasteiger partial charge in [-0.3, -0.25) is 14.6 Å². The van der Waals surface area contributed by atoms with Crippen LogP contribution < -0.4 is 16.4 Å². The molecule has 0 atom stereocenters. The normalized spacial score (nSPS) is 9.71. The number of carbonyl (C=O) groups excluding carboxylic acids is 2. The number of hydrogen-bond donors (Lipinski definition) is 3. The number of anilines is 1. The fraction of sp³-hybridized carbons (Fsp3) is 0.400. The van der Waals surface area contributed by atoms with Gasteiger partial charge in [-0.1, -0.05) is 6.92 Å². The summed E-state index contributed by atoms with van der Waals surface area (Å²) in [6, 6.07) is 0. The summed E-state index contributed by atoms with van der Waals surface area (Å²) < 4.78 is 0. The molecule has 1 rings (SSSR count). The van der Waals surface area contributed by atoms with E-state index >= 15 is 0 Å². The maximum absolute atomic E-state index is 11.5. The Hall–Kier alpha value is -2.18. The number of carbonyl (C=O) groups is 2. The summed E-state index contributed by atoms with van der Waals surface area (Å²) in [5.74, 6) is -0.554. The minimum atomic E-state index is -0.476. The van der Waals surface area contributed by atoms with Gasteiger partial charge in [0.2, 0.25) is 5.91 Å². The zero-order valence-corrected chi connectivity index (χ0v) is 9.56. The van der Waals surface area contributed by atoms with Gasteiger partial charge >= 0.3 is 0 Å². The summed E-state index contributed by atoms with van der Waals surface area (Å²) in [7, 11) is 0. The Kier molecular flexibility index (Phi) is 4.86. The predicted octanol–water partition coefficient (Wildman–Crippen LogP) is -0.685. The summed E-state index contributed by atoms with van der Waals surface area (Å²) in [6.45, 7) is 2.45. The summed E-state index contributed by atoms with van der Waals surface area (Å²) in [5.41, 5.74) is 5.48. The number of nitrogen functional groups attached to an aromatic ring is 1. The molecule has 1 aromatic rings. The molecule has 1 heterocycles. The maximum atomic E-state index is 11.5. The van der Waals surface area contributed by atoms with Crippen LogP contribution in [0.25, 0.3) is 0 Å². The quantitative estimate of drug-likeness (QED) is 0.628. The first-order chi connectivity index (χ1) is 8.13. The highest BCUT2D eigenvalue weighted by atomic mass is 16.2. The topological polar surface area (TPSA) is 110 Å². The maximum Gasteiger partial charge on any atom is 0.272 e. The number of rotatable bonds is 5. The molecule has 0 spiro atoms. The monoisotopic (exact) mass is 237 g/mol. The van der Waals surface area contributed by atoms with Gasteiger partial charge in [-0.2, -0.15) is 0 Å². The highest BCUT2D eigenvalue weighted by molar-refractivity contribution is 5.94. The van der Waals surface area contributed by atoms with Crippen molar-refractivity contribution in [3.8, 4) is 0 Å². The molecule has 0 unspecified atom stereocenters. The molecule has 0 radical (unpaired) electrons. The van der Waals surface area contributed by atoms with Gasteiger partial charge < -0.3 is 16.4 Å². The van der Waals surface area contributed by atoms with E-state index in [4.69, 9.17) is 5.73 Å². The van der Waals surface area contributed by atoms with E-state index in [0.29, 0.717) is 6.54 Å². The Balaban J connectivity index is 2.42. The molecule has 2 amide bonds. The van der Waals surface area contributed by atoms with Gasteiger partial charge in [0.1, 0.15) is 11.5 Å². The third-order valence-corrected chi connectivity index (χ3v) is 1.87. The molecule has 1 aromatic heterocycles. The standard InChI is InChI=1S/C10H15N5O2/c1-2-3-13-9(16)6-14-10(17)7-4-12-5-8(11)15-7/h4-5H,2-3,6H2,1H3,(H2,11,15)(H,13,16)(H,14,17). The lowest BCUT2D eigenvalue weighted by atomic mass is 10.4. The van der Waals surface area contributed by atoms with E-state index in [9.17, 15) is 9.59 Å². The molecule has 0 saturated heterocycles. The van der Waals surface area contributed by atoms with Gasteiger partial charge in [0.15, 0.2) is 0 Å². The number of aromatic nitrogens is 2. The van der Waals surface area contributed by atoms with E-state index in [0.717, 1.165) is 6.42 Å². The number of nitrogens with zero attached hydrogens (tertiary/aromatic N) is 2. The van der Waals surface area contributed by atoms with Crippen molar-refractivity contribution in [3.05, 3.63) is 18.1 Å². The van der Waals surface area contributed by atoms with Gasteiger partial charge in [-0.15, -0.1) is 0 Å². The van der Waals surface area contributed by atoms with Crippen LogP contribution in [0.5, 0.6) is 0 Å². The molecule has 17 heavy (non-hydrogen) atoms. The fourth-order valence-electron chi connectivity index (χ4n) is 1.07. The van der Waals surface area contributed by atoms with Gasteiger partial charge in [0.05, 0.1) is 18.9 Å². The van der Waals surface area contributed by atoms with Crippen LogP contribution in [0.3, 0.4) is 0 Å². The molecule has 0 aliphatic carbocycles. The molecule has 0 bridgehead atoms. The van der Waals surface area contributed by atoms with Crippen LogP contribution in [0, 0.1) is 0 Å². The summed E-state index contributed by atoms with van der Waals surface area (Å²) >= 11 is 0. The lowest BCUT2D eigenvalue weighted by molar-refractivity contribution is -0.120. The molecule has 0 aliphatic rings. The molecule has 7 nitrogen and oxygen atoms in total. The average Bonchev–Trinajstić information content (AvgIpc) is 2.33. The molecule has 0 fully saturated rings. The highest BCUT2D eigenvalue weighted by Crippen LogP contribution is 1.96. The lowest BCUT2D eigenvalue weighted by Crippen LogP contribution is -2.37. The van der Waals surface area contributed by atoms with E-state index in [1.165, 1.54) is 12.4 Å². The van der Waals surface area contributed by atoms with Crippen LogP contribution in [0.2, 0.25) is 0 Å². The second-order valence-corrected chi connectivity index (χ2v) is 3.36. The fourth-order valence-corrected chi connectivity index (χ4v) is 1.07. The molecule has 0 aliphatic heterocycles. The van der Waals surface area contributed by atoms with Crippen LogP contribution in [-0.2, 0) is 4.79 Å². The average molecular weight is 237 g/mol. The summed E-state index contributed by atoms with van der Waals surface area (Å²) in [5, 5.41) is 5.06. The molecule has 0 saturated carbocycles. The van der Waals surface area contributed by atoms with Crippen LogP contribution >= 0.6 is 0 Å². The third kappa shape index (κ3) is 4.45. The molecule has 7 heteroatoms. The zero-order chi connectivity index (χ0) is 12.7. The van der Waals surface area contributed by atoms with E-state index in [1.54, 1.807) is 0 Å². The van der Waals surface area contributed by atoms with Gasteiger partial charge in [0.25, 0.3) is 5.91 Å². The largest absolute Gasteiger partial charge is 0.382 e. The molecule has 4 N–H and O–H groups in total. The number of hydrogen-bond acceptors (Lipinski definition) is 5. The van der Waals surface area contributed by atoms with Gasteiger partial charge in [-0.25, -0.2) is 4.98 Å². The van der Waals surface area contributed by atoms with Crippen LogP contribution in [0.15, 0.2) is 12.4 Å². The second-order valence-electron chi connectivity index (χ2n) is 3.36. The Morgan fingerprint density at radius 2 is 2.12 bits per heavy atom. The first-order valence-corrected chi connectivity index (χ1v) is 5.26. The highest BCUT2D eigenvalue weighted by Gasteiger charge is 2.09. The number of nitrogens with one attached hydrogen (secondary N) is 2. The van der Waals surface area contributed by atoms with Crippen LogP contribution in [-0.4, -0.2) is 34.9 Å². The van der Waals surface area contributed by atoms with E-state index in [-0.39, 0.29) is 24.0 Å². The first kappa shape index (κ1) is 12.9. The van der Waals surface area contributed by atoms with E-state index in [2.05, 4.69) is 20.6 Å². The van der Waals surface area contributed by atoms with Crippen LogP contribution in [0.4, 0.5) is 5.82 Å². The Morgan fingerprint density at radius 3 is 2.76 bits per heavy atom. The molecular weight excluding hydrogens is 222 g/mol. The summed E-state index contributed by atoms with van der Waals surface area (Å²) in [4.78, 5) is 30.3. The minimum Gasteiger partial charge on any atom is -0.382 e. The van der Waals surface area contributed by atoms with Crippen molar-refractivity contribution in [1.29, 1.82) is 0 Å². The van der Waals surface area contributed by atoms with Crippen molar-refractivity contribution in [3.63, 3.8) is 0 Å². The van der Waals surface area contributed by atoms with Crippen molar-refractivity contribution in [2.75, 3.05) is 18.8 Å². The minimum absolute atomic E-state index is 0.0880. The van der Waals surface area contributed by atoms with Crippen molar-refractivity contribution in [2.45, 2.75) is 13.3 Å².